The molecule has 41 heavy (non-hydrogen) atoms. The van der Waals surface area contributed by atoms with Crippen molar-refractivity contribution in [3.8, 4) is 0 Å². The lowest BCUT2D eigenvalue weighted by atomic mass is 9.84. The van der Waals surface area contributed by atoms with E-state index in [1.54, 1.807) is 18.5 Å². The summed E-state index contributed by atoms with van der Waals surface area (Å²) in [6, 6.07) is -2.23. The molecule has 3 amide bonds. The van der Waals surface area contributed by atoms with Crippen LogP contribution in [0.3, 0.4) is 0 Å². The summed E-state index contributed by atoms with van der Waals surface area (Å²) in [5.41, 5.74) is 9.49. The number of hydrogen-bond acceptors (Lipinski definition) is 9. The molecule has 1 aromatic heterocycles. The van der Waals surface area contributed by atoms with Gasteiger partial charge in [-0.3, -0.25) is 19.2 Å². The van der Waals surface area contributed by atoms with E-state index < -0.39 is 46.9 Å². The molecule has 0 radical (unpaired) electrons. The van der Waals surface area contributed by atoms with E-state index in [4.69, 9.17) is 16.2 Å². The molecule has 3 fully saturated rings. The van der Waals surface area contributed by atoms with E-state index >= 15 is 0 Å². The molecule has 0 spiro atoms. The number of likely N-dealkylation sites (tertiary alicyclic amines) is 1. The number of amides is 3. The van der Waals surface area contributed by atoms with Crippen LogP contribution in [0.4, 0.5) is 0 Å². The third-order valence-corrected chi connectivity index (χ3v) is 8.63. The summed E-state index contributed by atoms with van der Waals surface area (Å²) in [7, 11) is 0. The molecule has 1 aliphatic carbocycles. The monoisotopic (exact) mass is 597 g/mol. The lowest BCUT2D eigenvalue weighted by Crippen LogP contribution is -2.62. The molecule has 0 aromatic carbocycles. The van der Waals surface area contributed by atoms with Gasteiger partial charge in [-0.25, -0.2) is 4.68 Å². The minimum absolute atomic E-state index is 0. The maximum Gasteiger partial charge on any atom is 0.287 e. The van der Waals surface area contributed by atoms with Gasteiger partial charge in [0.25, 0.3) is 5.91 Å². The van der Waals surface area contributed by atoms with Gasteiger partial charge in [0.2, 0.25) is 17.6 Å². The van der Waals surface area contributed by atoms with Crippen LogP contribution < -0.4 is 16.8 Å². The first-order valence-electron chi connectivity index (χ1n) is 14.4. The largest absolute Gasteiger partial charge is 0.384 e. The first-order chi connectivity index (χ1) is 18.9. The lowest BCUT2D eigenvalue weighted by molar-refractivity contribution is -0.145. The molecule has 0 bridgehead atoms. The number of carbonyl (C=O) groups excluding carboxylic acids is 4. The van der Waals surface area contributed by atoms with E-state index in [0.717, 1.165) is 25.7 Å². The fourth-order valence-electron chi connectivity index (χ4n) is 6.44. The van der Waals surface area contributed by atoms with E-state index in [1.165, 1.54) is 17.5 Å². The van der Waals surface area contributed by atoms with Crippen LogP contribution in [-0.4, -0.2) is 85.9 Å². The number of carbonyl (C=O) groups is 4. The second kappa shape index (κ2) is 13.6. The van der Waals surface area contributed by atoms with Gasteiger partial charge in [-0.1, -0.05) is 37.3 Å². The fraction of sp³-hybridized carbons (Fsp3) is 0.778. The zero-order chi connectivity index (χ0) is 29.1. The average molecular weight is 598 g/mol. The van der Waals surface area contributed by atoms with Crippen LogP contribution >= 0.6 is 12.4 Å². The van der Waals surface area contributed by atoms with Crippen LogP contribution in [0, 0.1) is 5.92 Å². The number of halogens is 1. The minimum atomic E-state index is -1.51. The number of primary amides is 1. The molecule has 2 aliphatic heterocycles. The summed E-state index contributed by atoms with van der Waals surface area (Å²) in [6.07, 6.45) is 8.38. The van der Waals surface area contributed by atoms with Crippen LogP contribution in [0.2, 0.25) is 0 Å². The van der Waals surface area contributed by atoms with Crippen LogP contribution in [0.5, 0.6) is 0 Å². The van der Waals surface area contributed by atoms with Crippen molar-refractivity contribution < 1.29 is 29.0 Å². The molecule has 6 N–H and O–H groups in total. The quantitative estimate of drug-likeness (QED) is 0.292. The highest BCUT2D eigenvalue weighted by molar-refractivity contribution is 6.39. The SMILES string of the molecule is CC(C)(O)c1cnnn1[C@H]1C[C@@H](C(=O)NC2(C(=O)C(N)=O)CCCOCC2)N(C(=O)C(N)CC2CCCCC2)C1.Cl. The molecule has 14 heteroatoms. The molecule has 2 saturated heterocycles. The Hall–Kier alpha value is -2.61. The molecule has 2 unspecified atom stereocenters. The van der Waals surface area contributed by atoms with Gasteiger partial charge < -0.3 is 31.5 Å². The number of nitrogens with zero attached hydrogens (tertiary/aromatic N) is 4. The van der Waals surface area contributed by atoms with Crippen molar-refractivity contribution in [2.45, 2.75) is 107 Å². The van der Waals surface area contributed by atoms with Crippen molar-refractivity contribution >= 4 is 35.9 Å². The van der Waals surface area contributed by atoms with Crippen molar-refractivity contribution in [2.75, 3.05) is 19.8 Å². The topological polar surface area (TPSA) is 196 Å². The fourth-order valence-corrected chi connectivity index (χ4v) is 6.44. The van der Waals surface area contributed by atoms with Gasteiger partial charge in [0.05, 0.1) is 24.0 Å². The maximum atomic E-state index is 13.9. The van der Waals surface area contributed by atoms with Gasteiger partial charge >= 0.3 is 0 Å². The van der Waals surface area contributed by atoms with Crippen molar-refractivity contribution in [1.82, 2.24) is 25.2 Å². The van der Waals surface area contributed by atoms with E-state index in [-0.39, 0.29) is 50.7 Å². The zero-order valence-electron chi connectivity index (χ0n) is 23.9. The Morgan fingerprint density at radius 1 is 1.17 bits per heavy atom. The molecule has 230 valence electrons. The molecular formula is C27H44ClN7O6. The number of nitrogens with two attached hydrogens (primary N) is 2. The van der Waals surface area contributed by atoms with Crippen LogP contribution in [-0.2, 0) is 29.5 Å². The van der Waals surface area contributed by atoms with E-state index in [2.05, 4.69) is 15.6 Å². The summed E-state index contributed by atoms with van der Waals surface area (Å²) in [6.45, 7) is 3.91. The Morgan fingerprint density at radius 3 is 2.54 bits per heavy atom. The summed E-state index contributed by atoms with van der Waals surface area (Å²) >= 11 is 0. The highest BCUT2D eigenvalue weighted by Gasteiger charge is 2.48. The first-order valence-corrected chi connectivity index (χ1v) is 14.4. The average Bonchev–Trinajstić information content (AvgIpc) is 3.52. The minimum Gasteiger partial charge on any atom is -0.384 e. The van der Waals surface area contributed by atoms with Gasteiger partial charge in [-0.2, -0.15) is 0 Å². The molecule has 13 nitrogen and oxygen atoms in total. The number of ketones is 1. The standard InChI is InChI=1S/C27H43N7O6.ClH/c1-26(2,39)21-15-30-32-34(21)18-14-20(33(16-18)25(38)19(28)13-17-7-4-3-5-8-17)24(37)31-27(22(35)23(29)36)9-6-11-40-12-10-27;/h15,17-20,39H,3-14,16,28H2,1-2H3,(H2,29,36)(H,31,37);1H/t18-,19?,20-,27?;/m0./s1. The summed E-state index contributed by atoms with van der Waals surface area (Å²) in [5, 5.41) is 21.6. The molecule has 1 saturated carbocycles. The number of hydrogen-bond donors (Lipinski definition) is 4. The predicted molar refractivity (Wildman–Crippen MR) is 151 cm³/mol. The van der Waals surface area contributed by atoms with Gasteiger partial charge in [-0.05, 0) is 39.0 Å². The van der Waals surface area contributed by atoms with Gasteiger partial charge in [-0.15, -0.1) is 17.5 Å². The van der Waals surface area contributed by atoms with E-state index in [0.29, 0.717) is 31.1 Å². The highest BCUT2D eigenvalue weighted by Crippen LogP contribution is 2.34. The van der Waals surface area contributed by atoms with E-state index in [1.807, 2.05) is 0 Å². The highest BCUT2D eigenvalue weighted by atomic mass is 35.5. The lowest BCUT2D eigenvalue weighted by Gasteiger charge is -2.34. The van der Waals surface area contributed by atoms with Crippen molar-refractivity contribution in [3.05, 3.63) is 11.9 Å². The summed E-state index contributed by atoms with van der Waals surface area (Å²) in [4.78, 5) is 54.1. The second-order valence-electron chi connectivity index (χ2n) is 12.1. The maximum absolute atomic E-state index is 13.9. The van der Waals surface area contributed by atoms with Crippen molar-refractivity contribution in [1.29, 1.82) is 0 Å². The molecule has 4 atom stereocenters. The predicted octanol–water partition coefficient (Wildman–Crippen LogP) is 0.477. The number of ether oxygens (including phenoxy) is 1. The van der Waals surface area contributed by atoms with E-state index in [9.17, 15) is 24.3 Å². The van der Waals surface area contributed by atoms with Gasteiger partial charge in [0.15, 0.2) is 0 Å². The number of nitrogens with one attached hydrogen (secondary N) is 1. The number of aliphatic hydroxyl groups is 1. The molecular weight excluding hydrogens is 554 g/mol. The van der Waals surface area contributed by atoms with Crippen molar-refractivity contribution in [3.63, 3.8) is 0 Å². The Balaban J connectivity index is 0.00000462. The van der Waals surface area contributed by atoms with Crippen LogP contribution in [0.15, 0.2) is 6.20 Å². The van der Waals surface area contributed by atoms with Gasteiger partial charge in [0, 0.05) is 32.6 Å². The smallest absolute Gasteiger partial charge is 0.287 e. The molecule has 3 heterocycles. The summed E-state index contributed by atoms with van der Waals surface area (Å²) < 4.78 is 7.03. The Morgan fingerprint density at radius 2 is 1.88 bits per heavy atom. The third kappa shape index (κ3) is 7.43. The zero-order valence-corrected chi connectivity index (χ0v) is 24.7. The Bertz CT molecular complexity index is 1090. The van der Waals surface area contributed by atoms with Gasteiger partial charge in [0.1, 0.15) is 17.2 Å². The van der Waals surface area contributed by atoms with Crippen LogP contribution in [0.1, 0.15) is 89.8 Å². The summed E-state index contributed by atoms with van der Waals surface area (Å²) in [5.74, 6) is -2.57. The Labute approximate surface area is 246 Å². The molecule has 3 aliphatic rings. The number of Topliss-reactive ketones (excluding diaryl/α,β-unsaturated/α-hetero) is 1. The number of rotatable bonds is 9. The van der Waals surface area contributed by atoms with Crippen molar-refractivity contribution in [2.24, 2.45) is 17.4 Å². The molecule has 4 rings (SSSR count). The number of aromatic nitrogens is 3. The normalized spacial score (nSPS) is 26.5. The van der Waals surface area contributed by atoms with Crippen LogP contribution in [0.25, 0.3) is 0 Å². The Kier molecular flexibility index (Phi) is 10.9. The third-order valence-electron chi connectivity index (χ3n) is 8.63. The second-order valence-corrected chi connectivity index (χ2v) is 12.1. The first kappa shape index (κ1) is 32.9. The molecule has 1 aromatic rings.